The molecule has 3 rings (SSSR count). The third-order valence-corrected chi connectivity index (χ3v) is 3.97. The van der Waals surface area contributed by atoms with Gasteiger partial charge in [0, 0.05) is 18.7 Å². The van der Waals surface area contributed by atoms with Crippen molar-refractivity contribution in [1.82, 2.24) is 14.9 Å². The zero-order valence-corrected chi connectivity index (χ0v) is 12.3. The monoisotopic (exact) mass is 341 g/mol. The van der Waals surface area contributed by atoms with E-state index in [1.165, 1.54) is 6.33 Å². The molecule has 1 aliphatic rings. The summed E-state index contributed by atoms with van der Waals surface area (Å²) in [4.78, 5) is 31.9. The second kappa shape index (κ2) is 5.62. The summed E-state index contributed by atoms with van der Waals surface area (Å²) in [6.45, 7) is 0.0836. The fraction of sp³-hybridized carbons (Fsp3) is 0.214. The van der Waals surface area contributed by atoms with Crippen LogP contribution in [0.15, 0.2) is 18.5 Å². The topological polar surface area (TPSA) is 86.3 Å². The highest BCUT2D eigenvalue weighted by Crippen LogP contribution is 2.31. The Labute approximate surface area is 133 Å². The van der Waals surface area contributed by atoms with E-state index in [-0.39, 0.29) is 22.8 Å². The summed E-state index contributed by atoms with van der Waals surface area (Å²) in [5.74, 6) is -4.49. The van der Waals surface area contributed by atoms with Gasteiger partial charge in [-0.3, -0.25) is 4.79 Å². The van der Waals surface area contributed by atoms with Gasteiger partial charge >= 0.3 is 5.97 Å². The number of hydrogen-bond donors (Lipinski definition) is 2. The van der Waals surface area contributed by atoms with E-state index in [0.717, 1.165) is 4.90 Å². The first-order valence-corrected chi connectivity index (χ1v) is 6.98. The molecule has 1 aromatic carbocycles. The highest BCUT2D eigenvalue weighted by molar-refractivity contribution is 6.33. The summed E-state index contributed by atoms with van der Waals surface area (Å²) < 4.78 is 26.5. The van der Waals surface area contributed by atoms with Crippen molar-refractivity contribution in [3.8, 4) is 0 Å². The number of carbonyl (C=O) groups excluding carboxylic acids is 1. The molecular formula is C14H10ClF2N3O3. The van der Waals surface area contributed by atoms with E-state index in [1.54, 1.807) is 0 Å². The van der Waals surface area contributed by atoms with Crippen LogP contribution in [0.3, 0.4) is 0 Å². The predicted molar refractivity (Wildman–Crippen MR) is 75.1 cm³/mol. The average molecular weight is 342 g/mol. The number of nitrogens with one attached hydrogen (secondary N) is 1. The normalized spacial score (nSPS) is 17.0. The van der Waals surface area contributed by atoms with E-state index in [2.05, 4.69) is 9.97 Å². The maximum absolute atomic E-state index is 13.4. The van der Waals surface area contributed by atoms with Crippen LogP contribution in [0.4, 0.5) is 8.78 Å². The molecule has 0 radical (unpaired) electrons. The smallest absolute Gasteiger partial charge is 0.332 e. The van der Waals surface area contributed by atoms with Crippen LogP contribution in [0.2, 0.25) is 5.02 Å². The zero-order valence-electron chi connectivity index (χ0n) is 11.5. The summed E-state index contributed by atoms with van der Waals surface area (Å²) in [7, 11) is 0. The lowest BCUT2D eigenvalue weighted by Gasteiger charge is -2.32. The second-order valence-corrected chi connectivity index (χ2v) is 5.41. The number of aliphatic carboxylic acids is 1. The Kier molecular flexibility index (Phi) is 3.77. The van der Waals surface area contributed by atoms with Crippen molar-refractivity contribution in [2.75, 3.05) is 6.54 Å². The van der Waals surface area contributed by atoms with Crippen molar-refractivity contribution >= 4 is 23.5 Å². The predicted octanol–water partition coefficient (Wildman–Crippen LogP) is 2.17. The molecule has 23 heavy (non-hydrogen) atoms. The number of aromatic nitrogens is 2. The molecule has 2 heterocycles. The second-order valence-electron chi connectivity index (χ2n) is 5.00. The van der Waals surface area contributed by atoms with E-state index < -0.39 is 29.6 Å². The molecule has 0 aliphatic carbocycles. The van der Waals surface area contributed by atoms with Gasteiger partial charge in [-0.25, -0.2) is 18.6 Å². The Hall–Kier alpha value is -2.48. The molecular weight excluding hydrogens is 332 g/mol. The van der Waals surface area contributed by atoms with Gasteiger partial charge in [-0.05, 0) is 12.1 Å². The number of carboxylic acid groups (broad SMARTS) is 1. The summed E-state index contributed by atoms with van der Waals surface area (Å²) >= 11 is 5.80. The highest BCUT2D eigenvalue weighted by atomic mass is 35.5. The van der Waals surface area contributed by atoms with Gasteiger partial charge in [0.25, 0.3) is 5.91 Å². The number of amides is 1. The lowest BCUT2D eigenvalue weighted by molar-refractivity contribution is -0.143. The van der Waals surface area contributed by atoms with Crippen LogP contribution in [-0.2, 0) is 11.2 Å². The number of nitrogens with zero attached hydrogens (tertiary/aromatic N) is 2. The molecule has 1 amide bonds. The van der Waals surface area contributed by atoms with Crippen molar-refractivity contribution in [1.29, 1.82) is 0 Å². The molecule has 120 valence electrons. The largest absolute Gasteiger partial charge is 0.479 e. The minimum absolute atomic E-state index is 0.0836. The molecule has 0 saturated heterocycles. The van der Waals surface area contributed by atoms with Crippen LogP contribution in [0.25, 0.3) is 0 Å². The van der Waals surface area contributed by atoms with Gasteiger partial charge in [-0.2, -0.15) is 0 Å². The van der Waals surface area contributed by atoms with Crippen LogP contribution >= 0.6 is 11.6 Å². The number of carbonyl (C=O) groups is 2. The fourth-order valence-corrected chi connectivity index (χ4v) is 2.82. The number of rotatable bonds is 2. The summed E-state index contributed by atoms with van der Waals surface area (Å²) in [6.07, 6.45) is 1.71. The van der Waals surface area contributed by atoms with Gasteiger partial charge in [-0.1, -0.05) is 11.6 Å². The van der Waals surface area contributed by atoms with Crippen LogP contribution in [-0.4, -0.2) is 38.4 Å². The Morgan fingerprint density at radius 1 is 1.35 bits per heavy atom. The van der Waals surface area contributed by atoms with E-state index in [9.17, 15) is 23.5 Å². The van der Waals surface area contributed by atoms with E-state index in [4.69, 9.17) is 11.6 Å². The third-order valence-electron chi connectivity index (χ3n) is 3.66. The lowest BCUT2D eigenvalue weighted by Crippen LogP contribution is -2.43. The first-order valence-electron chi connectivity index (χ1n) is 6.60. The van der Waals surface area contributed by atoms with Gasteiger partial charge in [0.15, 0.2) is 17.7 Å². The van der Waals surface area contributed by atoms with Gasteiger partial charge in [0.05, 0.1) is 22.6 Å². The maximum Gasteiger partial charge on any atom is 0.332 e. The number of fused-ring (bicyclic) bond motifs is 1. The number of aromatic amines is 1. The highest BCUT2D eigenvalue weighted by Gasteiger charge is 2.38. The Bertz CT molecular complexity index is 809. The Morgan fingerprint density at radius 3 is 2.74 bits per heavy atom. The number of hydrogen-bond acceptors (Lipinski definition) is 3. The number of imidazole rings is 1. The number of H-pyrrole nitrogens is 1. The maximum atomic E-state index is 13.4. The first-order chi connectivity index (χ1) is 10.9. The van der Waals surface area contributed by atoms with Crippen LogP contribution < -0.4 is 0 Å². The van der Waals surface area contributed by atoms with Crippen molar-refractivity contribution in [3.63, 3.8) is 0 Å². The summed E-state index contributed by atoms with van der Waals surface area (Å²) in [5, 5.41) is 9.14. The molecule has 1 aromatic heterocycles. The molecule has 0 fully saturated rings. The molecule has 1 atom stereocenters. The van der Waals surface area contributed by atoms with Gasteiger partial charge in [0.2, 0.25) is 0 Å². The summed E-state index contributed by atoms with van der Waals surface area (Å²) in [6, 6.07) is 0.0321. The molecule has 0 spiro atoms. The minimum Gasteiger partial charge on any atom is -0.479 e. The van der Waals surface area contributed by atoms with Gasteiger partial charge in [0.1, 0.15) is 0 Å². The Balaban J connectivity index is 2.02. The zero-order chi connectivity index (χ0) is 16.7. The average Bonchev–Trinajstić information content (AvgIpc) is 2.97. The number of carboxylic acids is 1. The molecule has 2 aromatic rings. The molecule has 2 N–H and O–H groups in total. The van der Waals surface area contributed by atoms with Crippen LogP contribution in [0, 0.1) is 11.6 Å². The Morgan fingerprint density at radius 2 is 2.04 bits per heavy atom. The first kappa shape index (κ1) is 15.4. The van der Waals surface area contributed by atoms with Crippen molar-refractivity contribution < 1.29 is 23.5 Å². The van der Waals surface area contributed by atoms with E-state index >= 15 is 0 Å². The molecule has 0 saturated carbocycles. The number of halogens is 3. The summed E-state index contributed by atoms with van der Waals surface area (Å²) in [5.41, 5.74) is 0.546. The molecule has 0 bridgehead atoms. The minimum atomic E-state index is -1.32. The third kappa shape index (κ3) is 2.55. The van der Waals surface area contributed by atoms with Crippen molar-refractivity contribution in [2.24, 2.45) is 0 Å². The quantitative estimate of drug-likeness (QED) is 0.820. The lowest BCUT2D eigenvalue weighted by atomic mass is 10.0. The number of benzene rings is 1. The molecule has 9 heteroatoms. The van der Waals surface area contributed by atoms with Crippen LogP contribution in [0.1, 0.15) is 27.8 Å². The van der Waals surface area contributed by atoms with E-state index in [1.807, 2.05) is 0 Å². The van der Waals surface area contributed by atoms with Crippen molar-refractivity contribution in [2.45, 2.75) is 12.5 Å². The molecule has 1 unspecified atom stereocenters. The standard InChI is InChI=1S/C14H10ClF2N3O3/c15-7-4-9(17)8(16)3-6(7)13(21)20-2-1-10-11(19-5-18-10)12(20)14(22)23/h3-5,12H,1-2H2,(H,18,19)(H,22,23). The van der Waals surface area contributed by atoms with Crippen molar-refractivity contribution in [3.05, 3.63) is 52.1 Å². The SMILES string of the molecule is O=C(O)C1c2nc[nH]c2CCN1C(=O)c1cc(F)c(F)cc1Cl. The molecule has 1 aliphatic heterocycles. The van der Waals surface area contributed by atoms with Gasteiger partial charge < -0.3 is 15.0 Å². The van der Waals surface area contributed by atoms with E-state index in [0.29, 0.717) is 24.2 Å². The molecule has 6 nitrogen and oxygen atoms in total. The fourth-order valence-electron chi connectivity index (χ4n) is 2.59. The van der Waals surface area contributed by atoms with Gasteiger partial charge in [-0.15, -0.1) is 0 Å². The van der Waals surface area contributed by atoms with Crippen LogP contribution in [0.5, 0.6) is 0 Å².